The quantitative estimate of drug-likeness (QED) is 0.200. The van der Waals surface area contributed by atoms with E-state index in [4.69, 9.17) is 4.99 Å². The van der Waals surface area contributed by atoms with Crippen molar-refractivity contribution in [1.29, 1.82) is 0 Å². The smallest absolute Gasteiger partial charge is 0.223 e. The van der Waals surface area contributed by atoms with Crippen molar-refractivity contribution in [1.82, 2.24) is 20.9 Å². The van der Waals surface area contributed by atoms with Gasteiger partial charge in [0, 0.05) is 38.6 Å². The van der Waals surface area contributed by atoms with Crippen LogP contribution in [0.1, 0.15) is 50.7 Å². The average Bonchev–Trinajstić information content (AvgIpc) is 3.55. The Balaban J connectivity index is 0.00000320. The molecule has 1 aromatic rings. The first-order valence-electron chi connectivity index (χ1n) is 11.2. The second-order valence-electron chi connectivity index (χ2n) is 8.44. The van der Waals surface area contributed by atoms with Crippen molar-refractivity contribution in [3.8, 4) is 0 Å². The summed E-state index contributed by atoms with van der Waals surface area (Å²) in [5.74, 6) is 2.04. The number of likely N-dealkylation sites (tertiary alicyclic amines) is 1. The minimum absolute atomic E-state index is 0. The molecule has 1 heterocycles. The van der Waals surface area contributed by atoms with Crippen LogP contribution in [-0.2, 0) is 17.9 Å². The van der Waals surface area contributed by atoms with Crippen LogP contribution in [0.2, 0.25) is 0 Å². The van der Waals surface area contributed by atoms with E-state index >= 15 is 0 Å². The molecule has 0 bridgehead atoms. The Labute approximate surface area is 198 Å². The van der Waals surface area contributed by atoms with Gasteiger partial charge >= 0.3 is 0 Å². The van der Waals surface area contributed by atoms with Crippen LogP contribution in [0.5, 0.6) is 0 Å². The number of hydrogen-bond donors (Lipinski definition) is 3. The largest absolute Gasteiger partial charge is 0.357 e. The van der Waals surface area contributed by atoms with E-state index in [1.165, 1.54) is 37.1 Å². The maximum Gasteiger partial charge on any atom is 0.223 e. The monoisotopic (exact) mass is 527 g/mol. The molecule has 1 aliphatic heterocycles. The van der Waals surface area contributed by atoms with Gasteiger partial charge in [0.2, 0.25) is 5.91 Å². The second kappa shape index (κ2) is 13.1. The molecular weight excluding hydrogens is 489 g/mol. The molecule has 1 aliphatic carbocycles. The highest BCUT2D eigenvalue weighted by Gasteiger charge is 2.28. The first-order chi connectivity index (χ1) is 14.2. The fraction of sp³-hybridized carbons (Fsp3) is 0.652. The van der Waals surface area contributed by atoms with E-state index in [0.717, 1.165) is 37.8 Å². The maximum atomic E-state index is 11.7. The molecule has 1 unspecified atom stereocenters. The normalized spacial score (nSPS) is 19.7. The van der Waals surface area contributed by atoms with Crippen LogP contribution in [0.15, 0.2) is 29.3 Å². The summed E-state index contributed by atoms with van der Waals surface area (Å²) in [6.07, 6.45) is 4.73. The number of guanidine groups is 1. The van der Waals surface area contributed by atoms with Gasteiger partial charge in [-0.2, -0.15) is 0 Å². The summed E-state index contributed by atoms with van der Waals surface area (Å²) in [7, 11) is 0. The first kappa shape index (κ1) is 24.9. The van der Waals surface area contributed by atoms with Crippen LogP contribution >= 0.6 is 24.0 Å². The molecule has 1 saturated carbocycles. The molecule has 3 N–H and O–H groups in total. The van der Waals surface area contributed by atoms with Gasteiger partial charge in [-0.3, -0.25) is 9.69 Å². The number of hydrogen-bond acceptors (Lipinski definition) is 3. The van der Waals surface area contributed by atoms with E-state index in [2.05, 4.69) is 59.0 Å². The number of rotatable bonds is 9. The molecule has 2 fully saturated rings. The van der Waals surface area contributed by atoms with Gasteiger partial charge in [0.15, 0.2) is 5.96 Å². The molecule has 1 saturated heterocycles. The van der Waals surface area contributed by atoms with E-state index in [0.29, 0.717) is 19.6 Å². The van der Waals surface area contributed by atoms with Gasteiger partial charge in [-0.1, -0.05) is 31.2 Å². The molecule has 6 nitrogen and oxygen atoms in total. The topological polar surface area (TPSA) is 68.8 Å². The molecule has 3 rings (SSSR count). The Morgan fingerprint density at radius 3 is 2.53 bits per heavy atom. The summed E-state index contributed by atoms with van der Waals surface area (Å²) in [5, 5.41) is 9.61. The minimum atomic E-state index is 0. The average molecular weight is 527 g/mol. The lowest BCUT2D eigenvalue weighted by molar-refractivity contribution is -0.122. The van der Waals surface area contributed by atoms with Gasteiger partial charge in [-0.15, -0.1) is 24.0 Å². The number of benzene rings is 1. The summed E-state index contributed by atoms with van der Waals surface area (Å²) < 4.78 is 0. The standard InChI is InChI=1S/C23H37N5O.HI/c1-3-24-23(26-13-12-25-22(29)19-10-11-19)27-15-20-8-4-5-9-21(20)17-28-14-6-7-18(2)16-28;/h4-5,8-9,18-19H,3,6-7,10-17H2,1-2H3,(H,25,29)(H2,24,26,27);1H. The van der Waals surface area contributed by atoms with Gasteiger partial charge in [-0.05, 0) is 56.2 Å². The number of nitrogens with zero attached hydrogens (tertiary/aromatic N) is 2. The molecule has 2 aliphatic rings. The molecule has 1 aromatic carbocycles. The van der Waals surface area contributed by atoms with Gasteiger partial charge < -0.3 is 16.0 Å². The molecular formula is C23H38IN5O. The lowest BCUT2D eigenvalue weighted by atomic mass is 9.99. The van der Waals surface area contributed by atoms with Gasteiger partial charge in [-0.25, -0.2) is 4.99 Å². The number of piperidine rings is 1. The Morgan fingerprint density at radius 1 is 1.10 bits per heavy atom. The van der Waals surface area contributed by atoms with Crippen LogP contribution < -0.4 is 16.0 Å². The summed E-state index contributed by atoms with van der Waals surface area (Å²) in [6, 6.07) is 8.65. The van der Waals surface area contributed by atoms with Crippen molar-refractivity contribution < 1.29 is 4.79 Å². The predicted octanol–water partition coefficient (Wildman–Crippen LogP) is 3.12. The first-order valence-corrected chi connectivity index (χ1v) is 11.2. The SMILES string of the molecule is CCNC(=NCc1ccccc1CN1CCCC(C)C1)NCCNC(=O)C1CC1.I. The Morgan fingerprint density at radius 2 is 1.83 bits per heavy atom. The van der Waals surface area contributed by atoms with E-state index in [1.807, 2.05) is 0 Å². The number of nitrogens with one attached hydrogen (secondary N) is 3. The van der Waals surface area contributed by atoms with E-state index in [-0.39, 0.29) is 35.8 Å². The zero-order chi connectivity index (χ0) is 20.5. The van der Waals surface area contributed by atoms with Gasteiger partial charge in [0.05, 0.1) is 6.54 Å². The van der Waals surface area contributed by atoms with E-state index in [1.54, 1.807) is 0 Å². The van der Waals surface area contributed by atoms with Crippen LogP contribution in [-0.4, -0.2) is 49.5 Å². The molecule has 30 heavy (non-hydrogen) atoms. The number of carbonyl (C=O) groups is 1. The predicted molar refractivity (Wildman–Crippen MR) is 134 cm³/mol. The number of aliphatic imine (C=N–C) groups is 1. The highest BCUT2D eigenvalue weighted by Crippen LogP contribution is 2.28. The van der Waals surface area contributed by atoms with Crippen molar-refractivity contribution >= 4 is 35.8 Å². The van der Waals surface area contributed by atoms with Crippen molar-refractivity contribution in [3.63, 3.8) is 0 Å². The third kappa shape index (κ3) is 8.41. The minimum Gasteiger partial charge on any atom is -0.357 e. The molecule has 0 spiro atoms. The van der Waals surface area contributed by atoms with Crippen LogP contribution in [0, 0.1) is 11.8 Å². The third-order valence-electron chi connectivity index (χ3n) is 5.67. The lowest BCUT2D eigenvalue weighted by Crippen LogP contribution is -2.41. The zero-order valence-corrected chi connectivity index (χ0v) is 20.8. The maximum absolute atomic E-state index is 11.7. The van der Waals surface area contributed by atoms with Crippen LogP contribution in [0.25, 0.3) is 0 Å². The highest BCUT2D eigenvalue weighted by atomic mass is 127. The summed E-state index contributed by atoms with van der Waals surface area (Å²) in [4.78, 5) is 19.1. The fourth-order valence-corrected chi connectivity index (χ4v) is 3.90. The van der Waals surface area contributed by atoms with Crippen LogP contribution in [0.4, 0.5) is 0 Å². The summed E-state index contributed by atoms with van der Waals surface area (Å²) in [6.45, 7) is 10.6. The Kier molecular flexibility index (Phi) is 10.9. The van der Waals surface area contributed by atoms with Crippen LogP contribution in [0.3, 0.4) is 0 Å². The molecule has 1 atom stereocenters. The number of carbonyl (C=O) groups excluding carboxylic acids is 1. The highest BCUT2D eigenvalue weighted by molar-refractivity contribution is 14.0. The van der Waals surface area contributed by atoms with Gasteiger partial charge in [0.25, 0.3) is 0 Å². The van der Waals surface area contributed by atoms with E-state index < -0.39 is 0 Å². The van der Waals surface area contributed by atoms with Crippen molar-refractivity contribution in [3.05, 3.63) is 35.4 Å². The Bertz CT molecular complexity index is 692. The zero-order valence-electron chi connectivity index (χ0n) is 18.5. The number of halogens is 1. The summed E-state index contributed by atoms with van der Waals surface area (Å²) >= 11 is 0. The molecule has 168 valence electrons. The molecule has 1 amide bonds. The van der Waals surface area contributed by atoms with Gasteiger partial charge in [0.1, 0.15) is 0 Å². The third-order valence-corrected chi connectivity index (χ3v) is 5.67. The second-order valence-corrected chi connectivity index (χ2v) is 8.44. The van der Waals surface area contributed by atoms with Crippen molar-refractivity contribution in [2.45, 2.75) is 52.6 Å². The molecule has 7 heteroatoms. The molecule has 0 radical (unpaired) electrons. The number of amides is 1. The van der Waals surface area contributed by atoms with Crippen molar-refractivity contribution in [2.24, 2.45) is 16.8 Å². The van der Waals surface area contributed by atoms with E-state index in [9.17, 15) is 4.79 Å². The Hall–Kier alpha value is -1.35. The molecule has 0 aromatic heterocycles. The lowest BCUT2D eigenvalue weighted by Gasteiger charge is -2.31. The summed E-state index contributed by atoms with van der Waals surface area (Å²) in [5.41, 5.74) is 2.66. The van der Waals surface area contributed by atoms with Crippen molar-refractivity contribution in [2.75, 3.05) is 32.7 Å². The fourth-order valence-electron chi connectivity index (χ4n) is 3.90.